The summed E-state index contributed by atoms with van der Waals surface area (Å²) in [5.74, 6) is 0.798. The normalized spacial score (nSPS) is 11.6. The molecule has 0 amide bonds. The maximum Gasteiger partial charge on any atom is 0.238 e. The summed E-state index contributed by atoms with van der Waals surface area (Å²) < 4.78 is 24.3. The summed E-state index contributed by atoms with van der Waals surface area (Å²) in [6.07, 6.45) is 1.70. The van der Waals surface area contributed by atoms with E-state index in [2.05, 4.69) is 15.4 Å². The second kappa shape index (κ2) is 6.95. The first-order chi connectivity index (χ1) is 13.4. The van der Waals surface area contributed by atoms with E-state index in [1.54, 1.807) is 41.0 Å². The van der Waals surface area contributed by atoms with Crippen molar-refractivity contribution in [3.63, 3.8) is 0 Å². The van der Waals surface area contributed by atoms with E-state index in [1.165, 1.54) is 12.1 Å². The predicted octanol–water partition coefficient (Wildman–Crippen LogP) is 2.36. The van der Waals surface area contributed by atoms with Gasteiger partial charge in [0.1, 0.15) is 11.6 Å². The van der Waals surface area contributed by atoms with Gasteiger partial charge in [-0.05, 0) is 42.0 Å². The SMILES string of the molecule is NS(=O)(=O)c1ccc(CNc2ccc3ncc(-c4cccc(O)c4)n3n2)cc1. The number of hydrogen-bond acceptors (Lipinski definition) is 6. The average molecular weight is 395 g/mol. The fourth-order valence-electron chi connectivity index (χ4n) is 2.82. The molecule has 0 fully saturated rings. The molecule has 28 heavy (non-hydrogen) atoms. The summed E-state index contributed by atoms with van der Waals surface area (Å²) in [6.45, 7) is 0.458. The summed E-state index contributed by atoms with van der Waals surface area (Å²) in [4.78, 5) is 4.41. The first-order valence-corrected chi connectivity index (χ1v) is 9.94. The zero-order valence-corrected chi connectivity index (χ0v) is 15.5. The highest BCUT2D eigenvalue weighted by Gasteiger charge is 2.09. The van der Waals surface area contributed by atoms with Crippen LogP contribution in [0.15, 0.2) is 71.8 Å². The third kappa shape index (κ3) is 3.66. The number of aromatic nitrogens is 3. The first-order valence-electron chi connectivity index (χ1n) is 8.40. The Balaban J connectivity index is 1.57. The molecule has 0 aliphatic heterocycles. The lowest BCUT2D eigenvalue weighted by Gasteiger charge is -2.08. The van der Waals surface area contributed by atoms with E-state index in [-0.39, 0.29) is 10.6 Å². The standard InChI is InChI=1S/C19H17N5O3S/c20-28(26,27)16-6-4-13(5-7-16)11-21-18-8-9-19-22-12-17(24(19)23-18)14-2-1-3-15(25)10-14/h1-10,12,25H,11H2,(H,21,23)(H2,20,26,27). The number of benzene rings is 2. The van der Waals surface area contributed by atoms with Gasteiger partial charge in [-0.2, -0.15) is 0 Å². The summed E-state index contributed by atoms with van der Waals surface area (Å²) in [5.41, 5.74) is 3.12. The number of aromatic hydroxyl groups is 1. The lowest BCUT2D eigenvalue weighted by Crippen LogP contribution is -2.12. The number of phenolic OH excluding ortho intramolecular Hbond substituents is 1. The number of primary sulfonamides is 1. The van der Waals surface area contributed by atoms with Crippen LogP contribution in [0.4, 0.5) is 5.82 Å². The van der Waals surface area contributed by atoms with E-state index < -0.39 is 10.0 Å². The molecule has 0 saturated heterocycles. The van der Waals surface area contributed by atoms with Crippen molar-refractivity contribution in [3.8, 4) is 17.0 Å². The van der Waals surface area contributed by atoms with Crippen LogP contribution in [0.1, 0.15) is 5.56 Å². The molecule has 2 aromatic heterocycles. The highest BCUT2D eigenvalue weighted by Crippen LogP contribution is 2.24. The number of anilines is 1. The number of phenols is 1. The Hall–Kier alpha value is -3.43. The highest BCUT2D eigenvalue weighted by atomic mass is 32.2. The lowest BCUT2D eigenvalue weighted by molar-refractivity contribution is 0.475. The van der Waals surface area contributed by atoms with Gasteiger partial charge in [0.2, 0.25) is 10.0 Å². The zero-order valence-electron chi connectivity index (χ0n) is 14.6. The summed E-state index contributed by atoms with van der Waals surface area (Å²) in [7, 11) is -3.70. The van der Waals surface area contributed by atoms with Crippen molar-refractivity contribution >= 4 is 21.5 Å². The number of nitrogens with two attached hydrogens (primary N) is 1. The van der Waals surface area contributed by atoms with Gasteiger partial charge in [-0.15, -0.1) is 5.10 Å². The molecule has 2 heterocycles. The number of sulfonamides is 1. The third-order valence-electron chi connectivity index (χ3n) is 4.23. The molecular weight excluding hydrogens is 378 g/mol. The van der Waals surface area contributed by atoms with Gasteiger partial charge in [-0.25, -0.2) is 23.1 Å². The topological polar surface area (TPSA) is 123 Å². The number of nitrogens with one attached hydrogen (secondary N) is 1. The van der Waals surface area contributed by atoms with Crippen LogP contribution in [0.25, 0.3) is 16.9 Å². The van der Waals surface area contributed by atoms with Crippen LogP contribution >= 0.6 is 0 Å². The minimum absolute atomic E-state index is 0.0740. The molecular formula is C19H17N5O3S. The maximum atomic E-state index is 11.3. The molecule has 0 atom stereocenters. The molecule has 0 aliphatic rings. The second-order valence-corrected chi connectivity index (χ2v) is 7.79. The molecule has 0 aliphatic carbocycles. The molecule has 4 rings (SSSR count). The van der Waals surface area contributed by atoms with E-state index in [0.29, 0.717) is 18.0 Å². The van der Waals surface area contributed by atoms with Crippen molar-refractivity contribution in [2.75, 3.05) is 5.32 Å². The van der Waals surface area contributed by atoms with E-state index in [1.807, 2.05) is 18.2 Å². The lowest BCUT2D eigenvalue weighted by atomic mass is 10.1. The smallest absolute Gasteiger partial charge is 0.238 e. The Bertz CT molecular complexity index is 1250. The summed E-state index contributed by atoms with van der Waals surface area (Å²) in [6, 6.07) is 16.9. The van der Waals surface area contributed by atoms with Gasteiger partial charge in [0.05, 0.1) is 16.8 Å². The zero-order chi connectivity index (χ0) is 19.7. The number of fused-ring (bicyclic) bond motifs is 1. The molecule has 8 nitrogen and oxygen atoms in total. The van der Waals surface area contributed by atoms with Crippen LogP contribution in [0.3, 0.4) is 0 Å². The van der Waals surface area contributed by atoms with Gasteiger partial charge >= 0.3 is 0 Å². The van der Waals surface area contributed by atoms with Crippen LogP contribution in [0.2, 0.25) is 0 Å². The molecule has 142 valence electrons. The third-order valence-corrected chi connectivity index (χ3v) is 5.16. The number of rotatable bonds is 5. The van der Waals surface area contributed by atoms with Gasteiger partial charge in [-0.1, -0.05) is 24.3 Å². The number of imidazole rings is 1. The predicted molar refractivity (Wildman–Crippen MR) is 105 cm³/mol. The monoisotopic (exact) mass is 395 g/mol. The highest BCUT2D eigenvalue weighted by molar-refractivity contribution is 7.89. The molecule has 2 aromatic carbocycles. The van der Waals surface area contributed by atoms with Gasteiger partial charge in [0, 0.05) is 12.1 Å². The van der Waals surface area contributed by atoms with Crippen molar-refractivity contribution < 1.29 is 13.5 Å². The molecule has 4 aromatic rings. The number of nitrogens with zero attached hydrogens (tertiary/aromatic N) is 3. The maximum absolute atomic E-state index is 11.3. The van der Waals surface area contributed by atoms with Crippen molar-refractivity contribution in [2.45, 2.75) is 11.4 Å². The second-order valence-electron chi connectivity index (χ2n) is 6.22. The van der Waals surface area contributed by atoms with Crippen LogP contribution in [-0.2, 0) is 16.6 Å². The Morgan fingerprint density at radius 2 is 1.86 bits per heavy atom. The summed E-state index contributed by atoms with van der Waals surface area (Å²) in [5, 5.41) is 22.6. The molecule has 0 saturated carbocycles. The molecule has 0 bridgehead atoms. The van der Waals surface area contributed by atoms with Crippen LogP contribution < -0.4 is 10.5 Å². The molecule has 4 N–H and O–H groups in total. The fraction of sp³-hybridized carbons (Fsp3) is 0.0526. The quantitative estimate of drug-likeness (QED) is 0.477. The first kappa shape index (κ1) is 18.0. The van der Waals surface area contributed by atoms with Gasteiger partial charge < -0.3 is 10.4 Å². The Kier molecular flexibility index (Phi) is 4.46. The average Bonchev–Trinajstić information content (AvgIpc) is 3.09. The molecule has 0 spiro atoms. The van der Waals surface area contributed by atoms with Crippen molar-refractivity contribution in [3.05, 3.63) is 72.4 Å². The van der Waals surface area contributed by atoms with Crippen molar-refractivity contribution in [1.82, 2.24) is 14.6 Å². The van der Waals surface area contributed by atoms with Crippen LogP contribution in [0, 0.1) is 0 Å². The molecule has 9 heteroatoms. The van der Waals surface area contributed by atoms with E-state index in [9.17, 15) is 13.5 Å². The van der Waals surface area contributed by atoms with Gasteiger partial charge in [-0.3, -0.25) is 0 Å². The minimum atomic E-state index is -3.70. The van der Waals surface area contributed by atoms with Crippen LogP contribution in [-0.4, -0.2) is 28.1 Å². The Morgan fingerprint density at radius 3 is 2.57 bits per heavy atom. The molecule has 0 unspecified atom stereocenters. The Morgan fingerprint density at radius 1 is 1.07 bits per heavy atom. The van der Waals surface area contributed by atoms with Crippen molar-refractivity contribution in [1.29, 1.82) is 0 Å². The summed E-state index contributed by atoms with van der Waals surface area (Å²) >= 11 is 0. The van der Waals surface area contributed by atoms with E-state index in [0.717, 1.165) is 16.8 Å². The number of hydrogen-bond donors (Lipinski definition) is 3. The molecule has 0 radical (unpaired) electrons. The van der Waals surface area contributed by atoms with E-state index >= 15 is 0 Å². The minimum Gasteiger partial charge on any atom is -0.508 e. The van der Waals surface area contributed by atoms with Crippen LogP contribution in [0.5, 0.6) is 5.75 Å². The van der Waals surface area contributed by atoms with E-state index in [4.69, 9.17) is 5.14 Å². The van der Waals surface area contributed by atoms with Crippen molar-refractivity contribution in [2.24, 2.45) is 5.14 Å². The van der Waals surface area contributed by atoms with Gasteiger partial charge in [0.25, 0.3) is 0 Å². The van der Waals surface area contributed by atoms with Gasteiger partial charge in [0.15, 0.2) is 5.65 Å². The fourth-order valence-corrected chi connectivity index (χ4v) is 3.33. The Labute approximate surface area is 161 Å². The largest absolute Gasteiger partial charge is 0.508 e.